The fourth-order valence-corrected chi connectivity index (χ4v) is 2.17. The first-order chi connectivity index (χ1) is 7.58. The Hall–Kier alpha value is -0.410. The number of halogens is 2. The van der Waals surface area contributed by atoms with Gasteiger partial charge in [-0.15, -0.1) is 0 Å². The first kappa shape index (κ1) is 13.7. The Labute approximate surface area is 105 Å². The smallest absolute Gasteiger partial charge is 0.130 e. The highest BCUT2D eigenvalue weighted by Crippen LogP contribution is 2.28. The molecule has 16 heavy (non-hydrogen) atoms. The van der Waals surface area contributed by atoms with Gasteiger partial charge in [-0.3, -0.25) is 0 Å². The minimum atomic E-state index is -0.696. The number of hydrogen-bond acceptors (Lipinski definition) is 1. The molecule has 0 radical (unpaired) electrons. The highest BCUT2D eigenvalue weighted by atomic mass is 79.9. The fourth-order valence-electron chi connectivity index (χ4n) is 1.84. The molecular formula is C13H18BrFO. The third-order valence-electron chi connectivity index (χ3n) is 3.03. The maximum Gasteiger partial charge on any atom is 0.130 e. The number of benzene rings is 1. The fraction of sp³-hybridized carbons (Fsp3) is 0.538. The van der Waals surface area contributed by atoms with E-state index in [4.69, 9.17) is 0 Å². The van der Waals surface area contributed by atoms with Crippen molar-refractivity contribution < 1.29 is 9.50 Å². The molecule has 0 saturated carbocycles. The van der Waals surface area contributed by atoms with E-state index < -0.39 is 6.10 Å². The predicted octanol–water partition coefficient (Wildman–Crippen LogP) is 4.45. The van der Waals surface area contributed by atoms with E-state index in [0.717, 1.165) is 12.8 Å². The van der Waals surface area contributed by atoms with Crippen LogP contribution in [0.15, 0.2) is 22.7 Å². The van der Waals surface area contributed by atoms with Gasteiger partial charge in [-0.25, -0.2) is 4.39 Å². The molecule has 0 aliphatic rings. The molecule has 0 saturated heterocycles. The maximum absolute atomic E-state index is 13.6. The van der Waals surface area contributed by atoms with Crippen LogP contribution >= 0.6 is 15.9 Å². The highest BCUT2D eigenvalue weighted by molar-refractivity contribution is 9.10. The third kappa shape index (κ3) is 3.56. The van der Waals surface area contributed by atoms with Crippen molar-refractivity contribution in [2.24, 2.45) is 5.92 Å². The first-order valence-corrected chi connectivity index (χ1v) is 6.50. The summed E-state index contributed by atoms with van der Waals surface area (Å²) in [6.45, 7) is 4.19. The van der Waals surface area contributed by atoms with E-state index in [0.29, 0.717) is 22.4 Å². The van der Waals surface area contributed by atoms with Crippen molar-refractivity contribution in [3.8, 4) is 0 Å². The normalized spacial score (nSPS) is 13.1. The largest absolute Gasteiger partial charge is 0.388 e. The van der Waals surface area contributed by atoms with Crippen molar-refractivity contribution in [3.05, 3.63) is 34.1 Å². The summed E-state index contributed by atoms with van der Waals surface area (Å²) in [6, 6.07) is 4.80. The molecule has 1 rings (SSSR count). The average Bonchev–Trinajstić information content (AvgIpc) is 2.25. The summed E-state index contributed by atoms with van der Waals surface area (Å²) >= 11 is 3.20. The molecule has 0 aromatic heterocycles. The standard InChI is InChI=1S/C13H18BrFO/c1-3-9(4-2)7-13(16)11-6-5-10(14)8-12(11)15/h5-6,8-9,13,16H,3-4,7H2,1-2H3. The molecular weight excluding hydrogens is 271 g/mol. The van der Waals surface area contributed by atoms with Gasteiger partial charge >= 0.3 is 0 Å². The molecule has 0 aliphatic heterocycles. The topological polar surface area (TPSA) is 20.2 Å². The Morgan fingerprint density at radius 1 is 1.31 bits per heavy atom. The van der Waals surface area contributed by atoms with E-state index in [1.54, 1.807) is 12.1 Å². The summed E-state index contributed by atoms with van der Waals surface area (Å²) in [5.74, 6) is 0.117. The van der Waals surface area contributed by atoms with Gasteiger partial charge in [0.2, 0.25) is 0 Å². The quantitative estimate of drug-likeness (QED) is 0.849. The van der Waals surface area contributed by atoms with Crippen LogP contribution in [0.2, 0.25) is 0 Å². The average molecular weight is 289 g/mol. The van der Waals surface area contributed by atoms with Crippen LogP contribution in [0.3, 0.4) is 0 Å². The van der Waals surface area contributed by atoms with Gasteiger partial charge in [-0.1, -0.05) is 48.7 Å². The summed E-state index contributed by atoms with van der Waals surface area (Å²) in [4.78, 5) is 0. The third-order valence-corrected chi connectivity index (χ3v) is 3.53. The van der Waals surface area contributed by atoms with E-state index in [1.165, 1.54) is 6.07 Å². The van der Waals surface area contributed by atoms with Gasteiger partial charge in [-0.05, 0) is 24.5 Å². The monoisotopic (exact) mass is 288 g/mol. The Kier molecular flexibility index (Phi) is 5.42. The molecule has 0 bridgehead atoms. The molecule has 1 N–H and O–H groups in total. The number of hydrogen-bond donors (Lipinski definition) is 1. The lowest BCUT2D eigenvalue weighted by atomic mass is 9.93. The Morgan fingerprint density at radius 3 is 2.44 bits per heavy atom. The second-order valence-corrected chi connectivity index (χ2v) is 5.02. The van der Waals surface area contributed by atoms with Gasteiger partial charge in [0, 0.05) is 10.0 Å². The maximum atomic E-state index is 13.6. The lowest BCUT2D eigenvalue weighted by Gasteiger charge is -2.18. The van der Waals surface area contributed by atoms with Crippen LogP contribution in [0, 0.1) is 11.7 Å². The van der Waals surface area contributed by atoms with Crippen LogP contribution in [0.25, 0.3) is 0 Å². The Bertz CT molecular complexity index is 337. The van der Waals surface area contributed by atoms with Gasteiger partial charge in [0.15, 0.2) is 0 Å². The van der Waals surface area contributed by atoms with Crippen LogP contribution in [0.5, 0.6) is 0 Å². The molecule has 1 atom stereocenters. The van der Waals surface area contributed by atoms with E-state index in [-0.39, 0.29) is 5.82 Å². The molecule has 0 heterocycles. The molecule has 1 aromatic rings. The van der Waals surface area contributed by atoms with E-state index in [2.05, 4.69) is 29.8 Å². The summed E-state index contributed by atoms with van der Waals surface area (Å²) in [7, 11) is 0. The van der Waals surface area contributed by atoms with Crippen LogP contribution in [0.1, 0.15) is 44.8 Å². The van der Waals surface area contributed by atoms with E-state index >= 15 is 0 Å². The van der Waals surface area contributed by atoms with Crippen molar-refractivity contribution in [2.75, 3.05) is 0 Å². The Morgan fingerprint density at radius 2 is 1.94 bits per heavy atom. The molecule has 1 unspecified atom stereocenters. The first-order valence-electron chi connectivity index (χ1n) is 5.71. The predicted molar refractivity (Wildman–Crippen MR) is 67.7 cm³/mol. The van der Waals surface area contributed by atoms with E-state index in [1.807, 2.05) is 0 Å². The van der Waals surface area contributed by atoms with Crippen LogP contribution in [0.4, 0.5) is 4.39 Å². The minimum absolute atomic E-state index is 0.340. The van der Waals surface area contributed by atoms with Gasteiger partial charge in [-0.2, -0.15) is 0 Å². The van der Waals surface area contributed by atoms with Crippen molar-refractivity contribution in [1.82, 2.24) is 0 Å². The SMILES string of the molecule is CCC(CC)CC(O)c1ccc(Br)cc1F. The van der Waals surface area contributed by atoms with Crippen LogP contribution in [-0.4, -0.2) is 5.11 Å². The summed E-state index contributed by atoms with van der Waals surface area (Å²) in [6.07, 6.45) is 1.97. The van der Waals surface area contributed by atoms with Crippen molar-refractivity contribution >= 4 is 15.9 Å². The molecule has 3 heteroatoms. The van der Waals surface area contributed by atoms with Gasteiger partial charge in [0.1, 0.15) is 5.82 Å². The molecule has 90 valence electrons. The minimum Gasteiger partial charge on any atom is -0.388 e. The zero-order valence-electron chi connectivity index (χ0n) is 9.71. The van der Waals surface area contributed by atoms with Crippen LogP contribution in [-0.2, 0) is 0 Å². The molecule has 1 aromatic carbocycles. The molecule has 0 amide bonds. The van der Waals surface area contributed by atoms with Gasteiger partial charge < -0.3 is 5.11 Å². The molecule has 1 nitrogen and oxygen atoms in total. The molecule has 0 fully saturated rings. The summed E-state index contributed by atoms with van der Waals surface area (Å²) in [5, 5.41) is 9.97. The summed E-state index contributed by atoms with van der Waals surface area (Å²) < 4.78 is 14.3. The van der Waals surface area contributed by atoms with Crippen LogP contribution < -0.4 is 0 Å². The zero-order chi connectivity index (χ0) is 12.1. The second kappa shape index (κ2) is 6.36. The van der Waals surface area contributed by atoms with Crippen molar-refractivity contribution in [3.63, 3.8) is 0 Å². The van der Waals surface area contributed by atoms with Gasteiger partial charge in [0.25, 0.3) is 0 Å². The lowest BCUT2D eigenvalue weighted by Crippen LogP contribution is -2.07. The van der Waals surface area contributed by atoms with Crippen molar-refractivity contribution in [1.29, 1.82) is 0 Å². The zero-order valence-corrected chi connectivity index (χ0v) is 11.3. The number of aliphatic hydroxyl groups is 1. The van der Waals surface area contributed by atoms with Gasteiger partial charge in [0.05, 0.1) is 6.10 Å². The van der Waals surface area contributed by atoms with Crippen molar-refractivity contribution in [2.45, 2.75) is 39.2 Å². The van der Waals surface area contributed by atoms with E-state index in [9.17, 15) is 9.50 Å². The Balaban J connectivity index is 2.76. The second-order valence-electron chi connectivity index (χ2n) is 4.10. The number of rotatable bonds is 5. The highest BCUT2D eigenvalue weighted by Gasteiger charge is 2.16. The number of aliphatic hydroxyl groups excluding tert-OH is 1. The lowest BCUT2D eigenvalue weighted by molar-refractivity contribution is 0.137. The molecule has 0 spiro atoms. The summed E-state index contributed by atoms with van der Waals surface area (Å²) in [5.41, 5.74) is 0.398. The molecule has 0 aliphatic carbocycles.